The average Bonchev–Trinajstić information content (AvgIpc) is 3.31. The minimum atomic E-state index is -1.15. The highest BCUT2D eigenvalue weighted by molar-refractivity contribution is 5.77. The van der Waals surface area contributed by atoms with Crippen LogP contribution in [-0.2, 0) is 18.7 Å². The molecule has 2 aliphatic rings. The van der Waals surface area contributed by atoms with E-state index in [0.29, 0.717) is 40.3 Å². The van der Waals surface area contributed by atoms with Crippen molar-refractivity contribution in [1.82, 2.24) is 29.2 Å². The predicted molar refractivity (Wildman–Crippen MR) is 182 cm³/mol. The first-order valence-electron chi connectivity index (χ1n) is 15.9. The smallest absolute Gasteiger partial charge is 0.278 e. The molecule has 0 spiro atoms. The van der Waals surface area contributed by atoms with Crippen LogP contribution in [0.3, 0.4) is 0 Å². The van der Waals surface area contributed by atoms with Gasteiger partial charge >= 0.3 is 0 Å². The molecule has 236 valence electrons. The zero-order valence-electron chi connectivity index (χ0n) is 26.4. The van der Waals surface area contributed by atoms with E-state index < -0.39 is 5.60 Å². The summed E-state index contributed by atoms with van der Waals surface area (Å²) >= 11 is 0. The van der Waals surface area contributed by atoms with E-state index in [-0.39, 0.29) is 12.1 Å². The highest BCUT2D eigenvalue weighted by Gasteiger charge is 2.34. The van der Waals surface area contributed by atoms with Crippen LogP contribution >= 0.6 is 0 Å². The zero-order valence-corrected chi connectivity index (χ0v) is 26.4. The van der Waals surface area contributed by atoms with E-state index in [1.54, 1.807) is 42.9 Å². The lowest BCUT2D eigenvalue weighted by Crippen LogP contribution is -2.52. The molecule has 2 aromatic carbocycles. The largest absolute Gasteiger partial charge is 0.384 e. The molecule has 0 aliphatic carbocycles. The number of nitrogens with one attached hydrogen (secondary N) is 1. The van der Waals surface area contributed by atoms with Crippen molar-refractivity contribution in [3.05, 3.63) is 113 Å². The summed E-state index contributed by atoms with van der Waals surface area (Å²) in [6, 6.07) is 24.6. The lowest BCUT2D eigenvalue weighted by molar-refractivity contribution is 0.0738. The second-order valence-electron chi connectivity index (χ2n) is 13.1. The molecule has 2 saturated heterocycles. The Kier molecular flexibility index (Phi) is 7.92. The molecule has 2 unspecified atom stereocenters. The van der Waals surface area contributed by atoms with Crippen LogP contribution in [0.5, 0.6) is 0 Å². The molecular weight excluding hydrogens is 576 g/mol. The third-order valence-corrected chi connectivity index (χ3v) is 8.95. The lowest BCUT2D eigenvalue weighted by atomic mass is 9.84. The molecule has 2 bridgehead atoms. The Labute approximate surface area is 268 Å². The predicted octanol–water partition coefficient (Wildman–Crippen LogP) is 5.09. The fourth-order valence-corrected chi connectivity index (χ4v) is 6.94. The number of fused-ring (bicyclic) bond motifs is 3. The Balaban J connectivity index is 1.09. The highest BCUT2D eigenvalue weighted by Crippen LogP contribution is 2.33. The molecule has 10 heteroatoms. The Morgan fingerprint density at radius 2 is 1.70 bits per heavy atom. The van der Waals surface area contributed by atoms with Gasteiger partial charge < -0.3 is 15.3 Å². The summed E-state index contributed by atoms with van der Waals surface area (Å²) in [5, 5.41) is 14.3. The third kappa shape index (κ3) is 6.05. The van der Waals surface area contributed by atoms with Crippen molar-refractivity contribution in [2.45, 2.75) is 39.0 Å². The maximum Gasteiger partial charge on any atom is 0.278 e. The van der Waals surface area contributed by atoms with E-state index in [1.807, 2.05) is 6.07 Å². The molecular formula is C36H40N8O2. The summed E-state index contributed by atoms with van der Waals surface area (Å²) in [6.45, 7) is 12.9. The Morgan fingerprint density at radius 3 is 2.39 bits per heavy atom. The number of aromatic nitrogens is 5. The standard InChI is InChI=1S/C36H40N8O2/c1-4-17-43-34(45)30-19-37-35(40-33(30)44(43)32-12-8-11-31(39-32)36(2,3)46)38-28-13-15-29(16-14-28)42-23-26-18-27(24-42)22-41(21-26)20-25-9-6-5-7-10-25/h4-16,19,26-27,46H,1,17-18,20-24H2,2-3H3,(H,37,38,40). The number of pyridine rings is 1. The Morgan fingerprint density at radius 1 is 0.957 bits per heavy atom. The Hall–Kier alpha value is -4.80. The van der Waals surface area contributed by atoms with E-state index in [0.717, 1.165) is 38.4 Å². The SMILES string of the molecule is C=CCn1c(=O)c2cnc(Nc3ccc(N4CC5CC(CN(Cc6ccccc6)C5)C4)cc3)nc2n1-c1cccc(C(C)(C)O)n1. The van der Waals surface area contributed by atoms with Crippen LogP contribution in [0.25, 0.3) is 16.9 Å². The van der Waals surface area contributed by atoms with Gasteiger partial charge in [0.25, 0.3) is 5.56 Å². The van der Waals surface area contributed by atoms with Gasteiger partial charge in [-0.3, -0.25) is 9.69 Å². The fourth-order valence-electron chi connectivity index (χ4n) is 6.94. The van der Waals surface area contributed by atoms with E-state index >= 15 is 0 Å². The van der Waals surface area contributed by atoms with Crippen molar-refractivity contribution in [3.8, 4) is 5.82 Å². The van der Waals surface area contributed by atoms with Crippen LogP contribution in [0.4, 0.5) is 17.3 Å². The second kappa shape index (κ2) is 12.2. The van der Waals surface area contributed by atoms with Crippen molar-refractivity contribution in [3.63, 3.8) is 0 Å². The summed E-state index contributed by atoms with van der Waals surface area (Å²) < 4.78 is 3.19. The summed E-state index contributed by atoms with van der Waals surface area (Å²) in [5.74, 6) is 2.17. The number of anilines is 3. The molecule has 46 heavy (non-hydrogen) atoms. The van der Waals surface area contributed by atoms with E-state index in [4.69, 9.17) is 4.98 Å². The van der Waals surface area contributed by atoms with Crippen LogP contribution in [-0.4, -0.2) is 60.5 Å². The van der Waals surface area contributed by atoms with Crippen molar-refractivity contribution < 1.29 is 5.11 Å². The first-order chi connectivity index (χ1) is 22.2. The molecule has 2 N–H and O–H groups in total. The number of aliphatic hydroxyl groups is 1. The van der Waals surface area contributed by atoms with Gasteiger partial charge in [-0.15, -0.1) is 6.58 Å². The average molecular weight is 617 g/mol. The van der Waals surface area contributed by atoms with E-state index in [1.165, 1.54) is 22.4 Å². The molecule has 2 atom stereocenters. The van der Waals surface area contributed by atoms with Crippen LogP contribution in [0.2, 0.25) is 0 Å². The molecule has 7 rings (SSSR count). The van der Waals surface area contributed by atoms with Gasteiger partial charge in [-0.1, -0.05) is 42.5 Å². The maximum atomic E-state index is 13.3. The summed E-state index contributed by atoms with van der Waals surface area (Å²) in [5.41, 5.74) is 2.99. The minimum absolute atomic E-state index is 0.240. The molecule has 0 amide bonds. The number of hydrogen-bond donors (Lipinski definition) is 2. The van der Waals surface area contributed by atoms with Gasteiger partial charge in [0, 0.05) is 50.3 Å². The monoisotopic (exact) mass is 616 g/mol. The van der Waals surface area contributed by atoms with Crippen molar-refractivity contribution in [2.24, 2.45) is 11.8 Å². The summed E-state index contributed by atoms with van der Waals surface area (Å²) in [6.07, 6.45) is 4.50. The second-order valence-corrected chi connectivity index (χ2v) is 13.1. The van der Waals surface area contributed by atoms with Crippen LogP contribution in [0.1, 0.15) is 31.5 Å². The quantitative estimate of drug-likeness (QED) is 0.221. The van der Waals surface area contributed by atoms with Gasteiger partial charge in [0.1, 0.15) is 11.0 Å². The number of allylic oxidation sites excluding steroid dienone is 1. The number of nitrogens with zero attached hydrogens (tertiary/aromatic N) is 7. The zero-order chi connectivity index (χ0) is 31.8. The van der Waals surface area contributed by atoms with Crippen LogP contribution in [0, 0.1) is 11.8 Å². The number of hydrogen-bond acceptors (Lipinski definition) is 8. The number of likely N-dealkylation sites (tertiary alicyclic amines) is 1. The topological polar surface area (TPSA) is 104 Å². The first-order valence-corrected chi connectivity index (χ1v) is 15.9. The first kappa shape index (κ1) is 29.9. The molecule has 2 aliphatic heterocycles. The number of benzene rings is 2. The maximum absolute atomic E-state index is 13.3. The summed E-state index contributed by atoms with van der Waals surface area (Å²) in [7, 11) is 0. The third-order valence-electron chi connectivity index (χ3n) is 8.95. The van der Waals surface area contributed by atoms with Crippen molar-refractivity contribution in [1.29, 1.82) is 0 Å². The normalized spacial score (nSPS) is 18.5. The lowest BCUT2D eigenvalue weighted by Gasteiger charge is -2.46. The van der Waals surface area contributed by atoms with E-state index in [2.05, 4.69) is 86.3 Å². The van der Waals surface area contributed by atoms with Gasteiger partial charge in [0.15, 0.2) is 11.5 Å². The minimum Gasteiger partial charge on any atom is -0.384 e. The molecule has 2 fully saturated rings. The summed E-state index contributed by atoms with van der Waals surface area (Å²) in [4.78, 5) is 32.4. The molecule has 0 radical (unpaired) electrons. The van der Waals surface area contributed by atoms with Crippen LogP contribution in [0.15, 0.2) is 96.4 Å². The molecule has 5 heterocycles. The molecule has 5 aromatic rings. The number of rotatable bonds is 9. The van der Waals surface area contributed by atoms with Gasteiger partial charge in [0.2, 0.25) is 5.95 Å². The van der Waals surface area contributed by atoms with Gasteiger partial charge in [0.05, 0.1) is 12.2 Å². The van der Waals surface area contributed by atoms with Gasteiger partial charge in [-0.05, 0) is 74.1 Å². The van der Waals surface area contributed by atoms with E-state index in [9.17, 15) is 9.90 Å². The molecule has 0 saturated carbocycles. The number of piperidine rings is 2. The van der Waals surface area contributed by atoms with Crippen molar-refractivity contribution in [2.75, 3.05) is 36.4 Å². The fraction of sp³-hybridized carbons (Fsp3) is 0.333. The highest BCUT2D eigenvalue weighted by atomic mass is 16.3. The van der Waals surface area contributed by atoms with Crippen LogP contribution < -0.4 is 15.8 Å². The molecule has 3 aromatic heterocycles. The Bertz CT molecular complexity index is 1900. The molecule has 10 nitrogen and oxygen atoms in total. The van der Waals surface area contributed by atoms with Gasteiger partial charge in [-0.2, -0.15) is 4.98 Å². The van der Waals surface area contributed by atoms with Gasteiger partial charge in [-0.25, -0.2) is 19.3 Å². The van der Waals surface area contributed by atoms with Crippen molar-refractivity contribution >= 4 is 28.4 Å².